The lowest BCUT2D eigenvalue weighted by Crippen LogP contribution is -2.45. The number of rotatable bonds is 6. The van der Waals surface area contributed by atoms with Crippen molar-refractivity contribution in [2.24, 2.45) is 7.05 Å². The Labute approximate surface area is 224 Å². The van der Waals surface area contributed by atoms with Crippen LogP contribution in [-0.2, 0) is 22.8 Å². The molecule has 36 heavy (non-hydrogen) atoms. The number of hydrogen-bond donors (Lipinski definition) is 1. The van der Waals surface area contributed by atoms with E-state index < -0.39 is 18.3 Å². The fraction of sp³-hybridized carbons (Fsp3) is 0.500. The molecule has 0 amide bonds. The van der Waals surface area contributed by atoms with Crippen LogP contribution in [0, 0.1) is 17.4 Å². The van der Waals surface area contributed by atoms with E-state index >= 15 is 0 Å². The molecule has 2 fully saturated rings. The van der Waals surface area contributed by atoms with E-state index in [1.165, 1.54) is 12.8 Å². The molecule has 1 N–H and O–H groups in total. The van der Waals surface area contributed by atoms with E-state index in [0.717, 1.165) is 60.6 Å². The van der Waals surface area contributed by atoms with Crippen LogP contribution in [0.5, 0.6) is 0 Å². The first kappa shape index (κ1) is 24.2. The van der Waals surface area contributed by atoms with E-state index in [1.807, 2.05) is 31.8 Å². The molecule has 0 bridgehead atoms. The predicted octanol–water partition coefficient (Wildman–Crippen LogP) is 4.96. The summed E-state index contributed by atoms with van der Waals surface area (Å²) in [5.74, 6) is 2.50. The minimum Gasteiger partial charge on any atom is -0.398 e. The van der Waals surface area contributed by atoms with Crippen LogP contribution in [0.2, 0.25) is 0 Å². The van der Waals surface area contributed by atoms with Crippen molar-refractivity contribution in [2.45, 2.75) is 77.4 Å². The SMILES string of the molecule is Cc1cnn(C)c1B1OC(C)(C)C(C)(CCc2noc(C)c2-c2cc(I)c3[nH]c(C4CC4)nc3c2)O1. The van der Waals surface area contributed by atoms with Crippen molar-refractivity contribution in [2.75, 3.05) is 0 Å². The average molecular weight is 599 g/mol. The fourth-order valence-corrected chi connectivity index (χ4v) is 6.01. The minimum absolute atomic E-state index is 0.458. The highest BCUT2D eigenvalue weighted by Crippen LogP contribution is 2.42. The summed E-state index contributed by atoms with van der Waals surface area (Å²) in [6.45, 7) is 10.3. The van der Waals surface area contributed by atoms with Crippen LogP contribution < -0.4 is 5.59 Å². The van der Waals surface area contributed by atoms with Crippen molar-refractivity contribution in [3.05, 3.63) is 44.7 Å². The maximum atomic E-state index is 6.60. The van der Waals surface area contributed by atoms with Crippen molar-refractivity contribution in [1.29, 1.82) is 0 Å². The fourth-order valence-electron chi connectivity index (χ4n) is 5.26. The first-order valence-electron chi connectivity index (χ1n) is 12.5. The van der Waals surface area contributed by atoms with Crippen molar-refractivity contribution >= 4 is 46.3 Å². The summed E-state index contributed by atoms with van der Waals surface area (Å²) >= 11 is 2.39. The highest BCUT2D eigenvalue weighted by atomic mass is 127. The second kappa shape index (κ2) is 8.42. The molecule has 4 aromatic rings. The predicted molar refractivity (Wildman–Crippen MR) is 147 cm³/mol. The molecule has 10 heteroatoms. The molecule has 1 atom stereocenters. The van der Waals surface area contributed by atoms with Crippen molar-refractivity contribution < 1.29 is 13.8 Å². The van der Waals surface area contributed by atoms with Gasteiger partial charge in [0.25, 0.3) is 0 Å². The van der Waals surface area contributed by atoms with Gasteiger partial charge >= 0.3 is 7.12 Å². The Hall–Kier alpha value is -2.18. The van der Waals surface area contributed by atoms with Gasteiger partial charge in [-0.15, -0.1) is 0 Å². The highest BCUT2D eigenvalue weighted by Gasteiger charge is 2.55. The molecule has 1 aromatic carbocycles. The maximum Gasteiger partial charge on any atom is 0.514 e. The number of H-pyrrole nitrogens is 1. The molecule has 0 spiro atoms. The van der Waals surface area contributed by atoms with Gasteiger partial charge in [0.15, 0.2) is 0 Å². The van der Waals surface area contributed by atoms with Crippen LogP contribution in [0.1, 0.15) is 68.8 Å². The van der Waals surface area contributed by atoms with E-state index in [1.54, 1.807) is 0 Å². The lowest BCUT2D eigenvalue weighted by Gasteiger charge is -2.36. The summed E-state index contributed by atoms with van der Waals surface area (Å²) in [5, 5.41) is 8.83. The van der Waals surface area contributed by atoms with Crippen LogP contribution >= 0.6 is 22.6 Å². The molecule has 188 valence electrons. The first-order valence-corrected chi connectivity index (χ1v) is 13.6. The lowest BCUT2D eigenvalue weighted by molar-refractivity contribution is -0.0154. The maximum absolute atomic E-state index is 6.60. The van der Waals surface area contributed by atoms with Gasteiger partial charge in [-0.3, -0.25) is 4.68 Å². The zero-order valence-electron chi connectivity index (χ0n) is 21.6. The zero-order chi connectivity index (χ0) is 25.4. The van der Waals surface area contributed by atoms with Crippen molar-refractivity contribution in [3.63, 3.8) is 0 Å². The number of nitrogens with one attached hydrogen (secondary N) is 1. The molecule has 6 rings (SSSR count). The molecule has 1 aliphatic heterocycles. The Kier molecular flexibility index (Phi) is 5.66. The number of aryl methyl sites for hydroxylation is 4. The van der Waals surface area contributed by atoms with Crippen LogP contribution in [0.15, 0.2) is 22.9 Å². The molecule has 8 nitrogen and oxygen atoms in total. The number of nitrogens with zero attached hydrogens (tertiary/aromatic N) is 4. The monoisotopic (exact) mass is 599 g/mol. The van der Waals surface area contributed by atoms with E-state index in [0.29, 0.717) is 12.3 Å². The summed E-state index contributed by atoms with van der Waals surface area (Å²) < 4.78 is 21.7. The standard InChI is InChI=1S/C26H31BIN5O3/c1-14-13-29-33(6)23(14)27-35-25(3,4)26(5,36-27)10-9-19-21(15(2)34-32-19)17-11-18(28)22-20(12-17)30-24(31-22)16-7-8-16/h11-13,16H,7-10H2,1-6H3,(H,30,31). The van der Waals surface area contributed by atoms with Gasteiger partial charge in [0.05, 0.1) is 39.7 Å². The van der Waals surface area contributed by atoms with Crippen molar-refractivity contribution in [3.8, 4) is 11.1 Å². The number of fused-ring (bicyclic) bond motifs is 1. The topological polar surface area (TPSA) is 91.0 Å². The molecule has 1 saturated carbocycles. The molecule has 1 aliphatic carbocycles. The van der Waals surface area contributed by atoms with Gasteiger partial charge in [-0.05, 0) is 106 Å². The van der Waals surface area contributed by atoms with E-state index in [-0.39, 0.29) is 0 Å². The van der Waals surface area contributed by atoms with E-state index in [9.17, 15) is 0 Å². The van der Waals surface area contributed by atoms with Gasteiger partial charge < -0.3 is 18.8 Å². The molecule has 1 saturated heterocycles. The van der Waals surface area contributed by atoms with Gasteiger partial charge in [-0.25, -0.2) is 4.98 Å². The van der Waals surface area contributed by atoms with Crippen LogP contribution in [-0.4, -0.2) is 43.2 Å². The van der Waals surface area contributed by atoms with Crippen LogP contribution in [0.3, 0.4) is 0 Å². The molecule has 4 heterocycles. The summed E-state index contributed by atoms with van der Waals surface area (Å²) in [5.41, 5.74) is 6.19. The van der Waals surface area contributed by atoms with E-state index in [2.05, 4.69) is 70.7 Å². The summed E-state index contributed by atoms with van der Waals surface area (Å²) in [6, 6.07) is 4.35. The number of imidazole rings is 1. The summed E-state index contributed by atoms with van der Waals surface area (Å²) in [7, 11) is 1.47. The van der Waals surface area contributed by atoms with Gasteiger partial charge in [-0.1, -0.05) is 5.16 Å². The molecular weight excluding hydrogens is 568 g/mol. The van der Waals surface area contributed by atoms with E-state index in [4.69, 9.17) is 18.8 Å². The number of benzene rings is 1. The second-order valence-electron chi connectivity index (χ2n) is 11.0. The number of halogens is 1. The number of aromatic nitrogens is 5. The van der Waals surface area contributed by atoms with Gasteiger partial charge in [-0.2, -0.15) is 5.10 Å². The molecule has 3 aromatic heterocycles. The summed E-state index contributed by atoms with van der Waals surface area (Å²) in [4.78, 5) is 8.43. The molecule has 1 unspecified atom stereocenters. The Morgan fingerprint density at radius 2 is 1.97 bits per heavy atom. The zero-order valence-corrected chi connectivity index (χ0v) is 23.8. The average Bonchev–Trinajstić information content (AvgIpc) is 3.22. The molecule has 2 aliphatic rings. The highest BCUT2D eigenvalue weighted by molar-refractivity contribution is 14.1. The largest absolute Gasteiger partial charge is 0.514 e. The Bertz CT molecular complexity index is 1450. The third kappa shape index (κ3) is 3.92. The van der Waals surface area contributed by atoms with Gasteiger partial charge in [0, 0.05) is 22.1 Å². The third-order valence-electron chi connectivity index (χ3n) is 8.03. The smallest absolute Gasteiger partial charge is 0.398 e. The van der Waals surface area contributed by atoms with Crippen molar-refractivity contribution in [1.82, 2.24) is 24.9 Å². The third-order valence-corrected chi connectivity index (χ3v) is 8.88. The number of aromatic amines is 1. The molecule has 0 radical (unpaired) electrons. The minimum atomic E-state index is -0.516. The van der Waals surface area contributed by atoms with Gasteiger partial charge in [0.2, 0.25) is 0 Å². The Morgan fingerprint density at radius 3 is 2.67 bits per heavy atom. The van der Waals surface area contributed by atoms with Gasteiger partial charge in [0.1, 0.15) is 11.6 Å². The normalized spacial score (nSPS) is 21.7. The quantitative estimate of drug-likeness (QED) is 0.249. The van der Waals surface area contributed by atoms with Crippen LogP contribution in [0.25, 0.3) is 22.2 Å². The Balaban J connectivity index is 1.28. The second-order valence-corrected chi connectivity index (χ2v) is 12.1. The molecular formula is C26H31BIN5O3. The lowest BCUT2D eigenvalue weighted by atomic mass is 9.81. The number of hydrogen-bond acceptors (Lipinski definition) is 6. The first-order chi connectivity index (χ1) is 17.1. The Morgan fingerprint density at radius 1 is 1.19 bits per heavy atom. The summed E-state index contributed by atoms with van der Waals surface area (Å²) in [6.07, 6.45) is 5.73. The van der Waals surface area contributed by atoms with Crippen LogP contribution in [0.4, 0.5) is 0 Å².